The second kappa shape index (κ2) is 9.00. The van der Waals surface area contributed by atoms with Crippen molar-refractivity contribution >= 4 is 45.3 Å². The third-order valence-corrected chi connectivity index (χ3v) is 4.73. The Bertz CT molecular complexity index is 406. The molecular formula is C14H23BIN2O3. The first-order valence-corrected chi connectivity index (χ1v) is 8.55. The summed E-state index contributed by atoms with van der Waals surface area (Å²) in [5, 5.41) is 2.84. The molecule has 1 aliphatic rings. The van der Waals surface area contributed by atoms with Gasteiger partial charge in [-0.25, -0.2) is 0 Å². The highest BCUT2D eigenvalue weighted by Gasteiger charge is 2.35. The summed E-state index contributed by atoms with van der Waals surface area (Å²) >= 11 is 1.83. The van der Waals surface area contributed by atoms with Crippen LogP contribution in [0.1, 0.15) is 46.5 Å². The van der Waals surface area contributed by atoms with Crippen molar-refractivity contribution in [2.75, 3.05) is 6.54 Å². The molecule has 21 heavy (non-hydrogen) atoms. The monoisotopic (exact) mass is 405 g/mol. The molecule has 1 heterocycles. The van der Waals surface area contributed by atoms with Crippen LogP contribution in [-0.2, 0) is 14.4 Å². The zero-order valence-corrected chi connectivity index (χ0v) is 15.1. The number of ketones is 1. The number of halogens is 1. The Hall–Kier alpha value is -0.275. The second-order valence-corrected chi connectivity index (χ2v) is 6.59. The molecule has 3 unspecified atom stereocenters. The lowest BCUT2D eigenvalue weighted by molar-refractivity contribution is -0.122. The lowest BCUT2D eigenvalue weighted by Gasteiger charge is -2.38. The zero-order chi connectivity index (χ0) is 16.0. The zero-order valence-electron chi connectivity index (χ0n) is 12.9. The summed E-state index contributed by atoms with van der Waals surface area (Å²) in [7, 11) is 1.39. The lowest BCUT2D eigenvalue weighted by atomic mass is 9.78. The van der Waals surface area contributed by atoms with Crippen LogP contribution in [0.4, 0.5) is 0 Å². The number of nitrogens with zero attached hydrogens (tertiary/aromatic N) is 1. The van der Waals surface area contributed by atoms with Crippen molar-refractivity contribution in [1.29, 1.82) is 0 Å². The molecule has 0 aromatic carbocycles. The molecule has 0 saturated carbocycles. The van der Waals surface area contributed by atoms with Gasteiger partial charge in [-0.3, -0.25) is 14.5 Å². The standard InChI is InChI=1S/C14H23BIN2O3/c1-4-11(13(20)15-17-9(2)10(3)19)18-8-6-5-7-12(18)14(16)21/h9,11-12,17H,4-8H2,1-3H3. The van der Waals surface area contributed by atoms with E-state index >= 15 is 0 Å². The highest BCUT2D eigenvalue weighted by atomic mass is 127. The first-order chi connectivity index (χ1) is 9.88. The van der Waals surface area contributed by atoms with Crippen molar-refractivity contribution in [3.05, 3.63) is 0 Å². The van der Waals surface area contributed by atoms with Gasteiger partial charge in [0.1, 0.15) is 11.5 Å². The number of rotatable bonds is 8. The number of carbonyl (C=O) groups is 3. The van der Waals surface area contributed by atoms with E-state index in [1.807, 2.05) is 34.4 Å². The van der Waals surface area contributed by atoms with E-state index in [-0.39, 0.29) is 33.4 Å². The van der Waals surface area contributed by atoms with Crippen LogP contribution in [-0.4, -0.2) is 52.2 Å². The molecule has 1 radical (unpaired) electrons. The molecule has 117 valence electrons. The fraction of sp³-hybridized carbons (Fsp3) is 0.786. The third kappa shape index (κ3) is 5.45. The van der Waals surface area contributed by atoms with Gasteiger partial charge in [0.25, 0.3) is 7.41 Å². The summed E-state index contributed by atoms with van der Waals surface area (Å²) in [4.78, 5) is 37.4. The number of hydrogen-bond acceptors (Lipinski definition) is 5. The maximum Gasteiger partial charge on any atom is 0.297 e. The van der Waals surface area contributed by atoms with Gasteiger partial charge in [0, 0.05) is 22.6 Å². The summed E-state index contributed by atoms with van der Waals surface area (Å²) in [6.45, 7) is 5.95. The Morgan fingerprint density at radius 1 is 1.38 bits per heavy atom. The van der Waals surface area contributed by atoms with Crippen molar-refractivity contribution in [3.63, 3.8) is 0 Å². The van der Waals surface area contributed by atoms with Crippen LogP contribution >= 0.6 is 22.6 Å². The van der Waals surface area contributed by atoms with E-state index in [9.17, 15) is 14.4 Å². The lowest BCUT2D eigenvalue weighted by Crippen LogP contribution is -2.54. The molecule has 0 spiro atoms. The van der Waals surface area contributed by atoms with Crippen LogP contribution in [0.25, 0.3) is 0 Å². The molecule has 0 amide bonds. The van der Waals surface area contributed by atoms with Gasteiger partial charge in [-0.2, -0.15) is 0 Å². The maximum absolute atomic E-state index is 12.4. The SMILES string of the molecule is CCC(C(=O)[B]NC(C)C(C)=O)N1CCCCC1C(=O)I. The Balaban J connectivity index is 2.68. The van der Waals surface area contributed by atoms with Gasteiger partial charge in [-0.1, -0.05) is 13.3 Å². The molecule has 3 atom stereocenters. The van der Waals surface area contributed by atoms with Gasteiger partial charge in [0.05, 0.1) is 18.1 Å². The molecule has 1 saturated heterocycles. The summed E-state index contributed by atoms with van der Waals surface area (Å²) in [6, 6.07) is -0.817. The quantitative estimate of drug-likeness (QED) is 0.375. The van der Waals surface area contributed by atoms with E-state index in [2.05, 4.69) is 5.23 Å². The topological polar surface area (TPSA) is 66.5 Å². The summed E-state index contributed by atoms with van der Waals surface area (Å²) in [6.07, 6.45) is 3.53. The molecule has 0 bridgehead atoms. The van der Waals surface area contributed by atoms with Crippen LogP contribution in [0.3, 0.4) is 0 Å². The van der Waals surface area contributed by atoms with Crippen molar-refractivity contribution in [2.45, 2.75) is 64.6 Å². The number of piperidine rings is 1. The molecule has 7 heteroatoms. The minimum Gasteiger partial charge on any atom is -0.345 e. The Morgan fingerprint density at radius 3 is 2.57 bits per heavy atom. The molecule has 1 fully saturated rings. The average Bonchev–Trinajstić information content (AvgIpc) is 2.45. The smallest absolute Gasteiger partial charge is 0.297 e. The summed E-state index contributed by atoms with van der Waals surface area (Å²) in [5.41, 5.74) is -0.0600. The van der Waals surface area contributed by atoms with Crippen LogP contribution in [0.15, 0.2) is 0 Å². The number of likely N-dealkylation sites (tertiary alicyclic amines) is 1. The normalized spacial score (nSPS) is 22.4. The molecule has 0 aliphatic carbocycles. The molecule has 0 aromatic rings. The van der Waals surface area contributed by atoms with Gasteiger partial charge in [0.2, 0.25) is 3.79 Å². The highest BCUT2D eigenvalue weighted by molar-refractivity contribution is 14.1. The van der Waals surface area contributed by atoms with Gasteiger partial charge < -0.3 is 10.0 Å². The largest absolute Gasteiger partial charge is 0.345 e. The number of Topliss-reactive ketones (excluding diaryl/α,β-unsaturated/α-hetero) is 1. The minimum absolute atomic E-state index is 0.00890. The predicted octanol–water partition coefficient (Wildman–Crippen LogP) is 1.29. The maximum atomic E-state index is 12.4. The minimum atomic E-state index is -0.366. The van der Waals surface area contributed by atoms with Crippen LogP contribution in [0, 0.1) is 0 Å². The third-order valence-electron chi connectivity index (χ3n) is 4.01. The van der Waals surface area contributed by atoms with E-state index in [1.54, 1.807) is 6.92 Å². The molecule has 5 nitrogen and oxygen atoms in total. The Morgan fingerprint density at radius 2 is 2.05 bits per heavy atom. The first kappa shape index (κ1) is 18.8. The average molecular weight is 405 g/mol. The summed E-state index contributed by atoms with van der Waals surface area (Å²) < 4.78 is 0.101. The van der Waals surface area contributed by atoms with Crippen molar-refractivity contribution < 1.29 is 14.4 Å². The van der Waals surface area contributed by atoms with Gasteiger partial charge in [-0.15, -0.1) is 0 Å². The van der Waals surface area contributed by atoms with Gasteiger partial charge in [0.15, 0.2) is 0 Å². The van der Waals surface area contributed by atoms with E-state index < -0.39 is 0 Å². The Labute approximate surface area is 141 Å². The Kier molecular flexibility index (Phi) is 8.04. The molecule has 1 rings (SSSR count). The van der Waals surface area contributed by atoms with Crippen molar-refractivity contribution in [2.24, 2.45) is 0 Å². The predicted molar refractivity (Wildman–Crippen MR) is 91.5 cm³/mol. The van der Waals surface area contributed by atoms with E-state index in [0.717, 1.165) is 25.8 Å². The molecular weight excluding hydrogens is 382 g/mol. The van der Waals surface area contributed by atoms with Crippen LogP contribution < -0.4 is 5.23 Å². The summed E-state index contributed by atoms with van der Waals surface area (Å²) in [5.74, 6) is -0.00890. The number of nitrogens with one attached hydrogen (secondary N) is 1. The first-order valence-electron chi connectivity index (χ1n) is 7.47. The fourth-order valence-electron chi connectivity index (χ4n) is 2.59. The van der Waals surface area contributed by atoms with Crippen LogP contribution in [0.2, 0.25) is 0 Å². The van der Waals surface area contributed by atoms with Crippen molar-refractivity contribution in [1.82, 2.24) is 10.1 Å². The van der Waals surface area contributed by atoms with E-state index in [0.29, 0.717) is 6.42 Å². The molecule has 1 aliphatic heterocycles. The van der Waals surface area contributed by atoms with Gasteiger partial charge in [-0.05, 0) is 39.7 Å². The van der Waals surface area contributed by atoms with E-state index in [4.69, 9.17) is 0 Å². The van der Waals surface area contributed by atoms with E-state index in [1.165, 1.54) is 14.3 Å². The fourth-order valence-corrected chi connectivity index (χ4v) is 3.26. The van der Waals surface area contributed by atoms with Crippen molar-refractivity contribution in [3.8, 4) is 0 Å². The molecule has 0 aromatic heterocycles. The van der Waals surface area contributed by atoms with Gasteiger partial charge >= 0.3 is 0 Å². The second-order valence-electron chi connectivity index (χ2n) is 5.52. The van der Waals surface area contributed by atoms with Crippen LogP contribution in [0.5, 0.6) is 0 Å². The molecule has 1 N–H and O–H groups in total. The number of hydrogen-bond donors (Lipinski definition) is 1. The highest BCUT2D eigenvalue weighted by Crippen LogP contribution is 2.23. The number of carbonyl (C=O) groups excluding carboxylic acids is 3.